The Bertz CT molecular complexity index is 817. The minimum absolute atomic E-state index is 0.0464. The molecule has 0 heterocycles. The average molecular weight is 410 g/mol. The number of hydrogen-bond donors (Lipinski definition) is 2. The standard InChI is InChI=1S/C21H26F3N3S/c1-27(2)18-13-6-5-12-17(18)25-20(28)26-19(21(22,23)24)16-11-7-9-14-8-3-4-10-15(14)16/h3-4,7-11,17-19H,5-6,12-13H2,1-2H3,(H2,25,26,28)/t17-,18-,19+/m0/s1. The van der Waals surface area contributed by atoms with Crippen molar-refractivity contribution in [3.8, 4) is 0 Å². The Hall–Kier alpha value is -1.86. The van der Waals surface area contributed by atoms with Crippen LogP contribution in [0.5, 0.6) is 0 Å². The van der Waals surface area contributed by atoms with Crippen molar-refractivity contribution in [3.05, 3.63) is 48.0 Å². The van der Waals surface area contributed by atoms with E-state index in [2.05, 4.69) is 15.5 Å². The van der Waals surface area contributed by atoms with Crippen LogP contribution in [0.2, 0.25) is 0 Å². The molecule has 1 aliphatic rings. The summed E-state index contributed by atoms with van der Waals surface area (Å²) in [5, 5.41) is 7.10. The fraction of sp³-hybridized carbons (Fsp3) is 0.476. The molecule has 2 aromatic rings. The molecule has 0 radical (unpaired) electrons. The van der Waals surface area contributed by atoms with E-state index >= 15 is 0 Å². The van der Waals surface area contributed by atoms with E-state index in [-0.39, 0.29) is 22.8 Å². The Morgan fingerprint density at radius 1 is 1.07 bits per heavy atom. The third kappa shape index (κ3) is 4.75. The van der Waals surface area contributed by atoms with Crippen molar-refractivity contribution in [2.45, 2.75) is 50.0 Å². The summed E-state index contributed by atoms with van der Waals surface area (Å²) in [5.74, 6) is 0. The smallest absolute Gasteiger partial charge is 0.358 e. The Kier molecular flexibility index (Phi) is 6.45. The van der Waals surface area contributed by atoms with Crippen LogP contribution in [0.4, 0.5) is 13.2 Å². The molecule has 0 unspecified atom stereocenters. The van der Waals surface area contributed by atoms with Gasteiger partial charge in [0.25, 0.3) is 0 Å². The molecule has 1 saturated carbocycles. The van der Waals surface area contributed by atoms with E-state index in [0.29, 0.717) is 5.39 Å². The summed E-state index contributed by atoms with van der Waals surface area (Å²) in [6.07, 6.45) is -0.378. The second kappa shape index (κ2) is 8.66. The summed E-state index contributed by atoms with van der Waals surface area (Å²) < 4.78 is 41.8. The van der Waals surface area contributed by atoms with Crippen molar-refractivity contribution in [3.63, 3.8) is 0 Å². The predicted molar refractivity (Wildman–Crippen MR) is 111 cm³/mol. The van der Waals surface area contributed by atoms with Gasteiger partial charge in [-0.05, 0) is 55.5 Å². The number of likely N-dealkylation sites (N-methyl/N-ethyl adjacent to an activating group) is 1. The lowest BCUT2D eigenvalue weighted by molar-refractivity contribution is -0.153. The molecule has 3 nitrogen and oxygen atoms in total. The third-order valence-electron chi connectivity index (χ3n) is 5.45. The van der Waals surface area contributed by atoms with Crippen LogP contribution in [-0.2, 0) is 0 Å². The number of hydrogen-bond acceptors (Lipinski definition) is 2. The second-order valence-corrected chi connectivity index (χ2v) is 7.99. The molecule has 0 bridgehead atoms. The van der Waals surface area contributed by atoms with E-state index in [0.717, 1.165) is 31.1 Å². The van der Waals surface area contributed by atoms with Crippen molar-refractivity contribution in [2.24, 2.45) is 0 Å². The Labute approximate surface area is 169 Å². The van der Waals surface area contributed by atoms with Gasteiger partial charge in [-0.2, -0.15) is 13.2 Å². The van der Waals surface area contributed by atoms with Gasteiger partial charge in [0.05, 0.1) is 0 Å². The fourth-order valence-corrected chi connectivity index (χ4v) is 4.35. The number of fused-ring (bicyclic) bond motifs is 1. The first-order valence-corrected chi connectivity index (χ1v) is 9.96. The average Bonchev–Trinajstić information content (AvgIpc) is 2.65. The van der Waals surface area contributed by atoms with Gasteiger partial charge in [0.1, 0.15) is 0 Å². The highest BCUT2D eigenvalue weighted by Gasteiger charge is 2.42. The molecule has 2 aromatic carbocycles. The first-order valence-electron chi connectivity index (χ1n) is 9.55. The first kappa shape index (κ1) is 20.9. The molecule has 0 saturated heterocycles. The van der Waals surface area contributed by atoms with Crippen molar-refractivity contribution < 1.29 is 13.2 Å². The maximum absolute atomic E-state index is 13.9. The molecule has 0 spiro atoms. The van der Waals surface area contributed by atoms with E-state index in [1.807, 2.05) is 32.3 Å². The SMILES string of the molecule is CN(C)[C@H]1CCCC[C@@H]1NC(=S)N[C@H](c1cccc2ccccc12)C(F)(F)F. The highest BCUT2D eigenvalue weighted by Crippen LogP contribution is 2.36. The largest absolute Gasteiger partial charge is 0.412 e. The maximum Gasteiger partial charge on any atom is 0.412 e. The molecule has 3 atom stereocenters. The molecule has 7 heteroatoms. The van der Waals surface area contributed by atoms with Gasteiger partial charge in [-0.3, -0.25) is 0 Å². The van der Waals surface area contributed by atoms with Gasteiger partial charge >= 0.3 is 6.18 Å². The number of rotatable bonds is 4. The Balaban J connectivity index is 1.82. The minimum atomic E-state index is -4.47. The van der Waals surface area contributed by atoms with Gasteiger partial charge in [0, 0.05) is 12.1 Å². The highest BCUT2D eigenvalue weighted by atomic mass is 32.1. The molecule has 28 heavy (non-hydrogen) atoms. The Morgan fingerprint density at radius 2 is 1.75 bits per heavy atom. The fourth-order valence-electron chi connectivity index (χ4n) is 4.08. The van der Waals surface area contributed by atoms with Gasteiger partial charge in [-0.1, -0.05) is 55.3 Å². The van der Waals surface area contributed by atoms with Crippen LogP contribution in [0.25, 0.3) is 10.8 Å². The maximum atomic E-state index is 13.9. The zero-order chi connectivity index (χ0) is 20.3. The number of halogens is 3. The molecular formula is C21H26F3N3S. The van der Waals surface area contributed by atoms with Crippen molar-refractivity contribution in [1.29, 1.82) is 0 Å². The van der Waals surface area contributed by atoms with Crippen LogP contribution < -0.4 is 10.6 Å². The molecular weight excluding hydrogens is 383 g/mol. The van der Waals surface area contributed by atoms with Crippen LogP contribution in [0.3, 0.4) is 0 Å². The van der Waals surface area contributed by atoms with E-state index in [9.17, 15) is 13.2 Å². The first-order chi connectivity index (χ1) is 13.3. The van der Waals surface area contributed by atoms with Crippen molar-refractivity contribution in [1.82, 2.24) is 15.5 Å². The summed E-state index contributed by atoms with van der Waals surface area (Å²) in [6, 6.07) is 10.5. The van der Waals surface area contributed by atoms with Crippen molar-refractivity contribution in [2.75, 3.05) is 14.1 Å². The minimum Gasteiger partial charge on any atom is -0.358 e. The number of benzene rings is 2. The van der Waals surface area contributed by atoms with Gasteiger partial charge < -0.3 is 15.5 Å². The summed E-state index contributed by atoms with van der Waals surface area (Å²) in [4.78, 5) is 2.12. The monoisotopic (exact) mass is 409 g/mol. The second-order valence-electron chi connectivity index (χ2n) is 7.58. The van der Waals surface area contributed by atoms with E-state index < -0.39 is 12.2 Å². The third-order valence-corrected chi connectivity index (χ3v) is 5.68. The molecule has 2 N–H and O–H groups in total. The van der Waals surface area contributed by atoms with E-state index in [1.165, 1.54) is 6.07 Å². The van der Waals surface area contributed by atoms with Gasteiger partial charge in [0.15, 0.2) is 11.2 Å². The van der Waals surface area contributed by atoms with Crippen molar-refractivity contribution >= 4 is 28.1 Å². The van der Waals surface area contributed by atoms with Crippen LogP contribution in [-0.4, -0.2) is 42.4 Å². The van der Waals surface area contributed by atoms with Gasteiger partial charge in [-0.15, -0.1) is 0 Å². The van der Waals surface area contributed by atoms with Crippen LogP contribution in [0.1, 0.15) is 37.3 Å². The topological polar surface area (TPSA) is 27.3 Å². The highest BCUT2D eigenvalue weighted by molar-refractivity contribution is 7.80. The lowest BCUT2D eigenvalue weighted by Crippen LogP contribution is -2.54. The number of nitrogens with zero attached hydrogens (tertiary/aromatic N) is 1. The summed E-state index contributed by atoms with van der Waals surface area (Å²) in [7, 11) is 3.99. The van der Waals surface area contributed by atoms with Gasteiger partial charge in [0.2, 0.25) is 0 Å². The van der Waals surface area contributed by atoms with Crippen LogP contribution >= 0.6 is 12.2 Å². The normalized spacial score (nSPS) is 21.5. The van der Waals surface area contributed by atoms with Gasteiger partial charge in [-0.25, -0.2) is 0 Å². The molecule has 0 amide bonds. The molecule has 1 aliphatic carbocycles. The summed E-state index contributed by atoms with van der Waals surface area (Å²) >= 11 is 5.30. The molecule has 3 rings (SSSR count). The number of alkyl halides is 3. The van der Waals surface area contributed by atoms with E-state index in [4.69, 9.17) is 12.2 Å². The lowest BCUT2D eigenvalue weighted by Gasteiger charge is -2.37. The summed E-state index contributed by atoms with van der Waals surface area (Å²) in [5.41, 5.74) is 0.183. The molecule has 0 aromatic heterocycles. The Morgan fingerprint density at radius 3 is 2.46 bits per heavy atom. The molecule has 1 fully saturated rings. The van der Waals surface area contributed by atoms with Crippen LogP contribution in [0, 0.1) is 0 Å². The number of thiocarbonyl (C=S) groups is 1. The zero-order valence-electron chi connectivity index (χ0n) is 16.1. The lowest BCUT2D eigenvalue weighted by atomic mass is 9.89. The van der Waals surface area contributed by atoms with Crippen LogP contribution in [0.15, 0.2) is 42.5 Å². The molecule has 0 aliphatic heterocycles. The molecule has 152 valence electrons. The number of nitrogens with one attached hydrogen (secondary N) is 2. The zero-order valence-corrected chi connectivity index (χ0v) is 16.9. The van der Waals surface area contributed by atoms with E-state index in [1.54, 1.807) is 18.2 Å². The summed E-state index contributed by atoms with van der Waals surface area (Å²) in [6.45, 7) is 0. The predicted octanol–water partition coefficient (Wildman–Crippen LogP) is 4.78. The quantitative estimate of drug-likeness (QED) is 0.711.